The summed E-state index contributed by atoms with van der Waals surface area (Å²) in [5.74, 6) is -0.866. The van der Waals surface area contributed by atoms with Gasteiger partial charge in [-0.15, -0.1) is 0 Å². The van der Waals surface area contributed by atoms with Gasteiger partial charge in [0.15, 0.2) is 6.10 Å². The third-order valence-electron chi connectivity index (χ3n) is 2.54. The van der Waals surface area contributed by atoms with E-state index in [9.17, 15) is 4.79 Å². The second-order valence-corrected chi connectivity index (χ2v) is 4.50. The summed E-state index contributed by atoms with van der Waals surface area (Å²) in [6.45, 7) is 0. The van der Waals surface area contributed by atoms with Crippen LogP contribution in [-0.2, 0) is 9.53 Å². The van der Waals surface area contributed by atoms with Crippen LogP contribution < -0.4 is 0 Å². The summed E-state index contributed by atoms with van der Waals surface area (Å²) in [5, 5.41) is 8.79. The molecule has 0 aliphatic carbocycles. The Bertz CT molecular complexity index is 361. The van der Waals surface area contributed by atoms with Gasteiger partial charge in [0.1, 0.15) is 0 Å². The highest BCUT2D eigenvalue weighted by Gasteiger charge is 2.31. The van der Waals surface area contributed by atoms with Crippen LogP contribution >= 0.6 is 15.9 Å². The van der Waals surface area contributed by atoms with Crippen LogP contribution in [0.25, 0.3) is 0 Å². The Morgan fingerprint density at radius 2 is 2.00 bits per heavy atom. The summed E-state index contributed by atoms with van der Waals surface area (Å²) < 4.78 is 6.45. The first kappa shape index (κ1) is 10.6. The number of carbonyl (C=O) groups is 1. The van der Waals surface area contributed by atoms with Gasteiger partial charge in [0.05, 0.1) is 6.10 Å². The molecule has 2 atom stereocenters. The lowest BCUT2D eigenvalue weighted by Gasteiger charge is -2.11. The Morgan fingerprint density at radius 1 is 1.33 bits per heavy atom. The number of ether oxygens (including phenoxy) is 1. The van der Waals surface area contributed by atoms with Crippen LogP contribution in [0.5, 0.6) is 0 Å². The smallest absolute Gasteiger partial charge is 0.332 e. The quantitative estimate of drug-likeness (QED) is 0.899. The molecule has 0 spiro atoms. The van der Waals surface area contributed by atoms with Gasteiger partial charge in [0.25, 0.3) is 0 Å². The van der Waals surface area contributed by atoms with Crippen molar-refractivity contribution in [3.8, 4) is 0 Å². The molecule has 0 radical (unpaired) electrons. The molecule has 2 unspecified atom stereocenters. The molecule has 0 amide bonds. The predicted octanol–water partition coefficient (Wildman–Crippen LogP) is 2.75. The second-order valence-electron chi connectivity index (χ2n) is 3.58. The van der Waals surface area contributed by atoms with Gasteiger partial charge in [-0.1, -0.05) is 28.1 Å². The van der Waals surface area contributed by atoms with Gasteiger partial charge in [0, 0.05) is 4.47 Å². The SMILES string of the molecule is O=C(O)C1CCC(c2ccc(Br)cc2)O1. The van der Waals surface area contributed by atoms with Gasteiger partial charge in [0.2, 0.25) is 0 Å². The van der Waals surface area contributed by atoms with Crippen molar-refractivity contribution in [1.82, 2.24) is 0 Å². The first-order valence-electron chi connectivity index (χ1n) is 4.80. The molecular formula is C11H11BrO3. The number of carboxylic acid groups (broad SMARTS) is 1. The molecule has 1 N–H and O–H groups in total. The summed E-state index contributed by atoms with van der Waals surface area (Å²) in [5.41, 5.74) is 1.04. The number of halogens is 1. The topological polar surface area (TPSA) is 46.5 Å². The van der Waals surface area contributed by atoms with E-state index in [1.54, 1.807) is 0 Å². The first-order valence-corrected chi connectivity index (χ1v) is 5.60. The van der Waals surface area contributed by atoms with Crippen LogP contribution in [0.15, 0.2) is 28.7 Å². The molecule has 15 heavy (non-hydrogen) atoms. The molecule has 1 heterocycles. The standard InChI is InChI=1S/C11H11BrO3/c12-8-3-1-7(2-4-8)9-5-6-10(15-9)11(13)14/h1-4,9-10H,5-6H2,(H,13,14). The number of hydrogen-bond acceptors (Lipinski definition) is 2. The van der Waals surface area contributed by atoms with E-state index in [1.807, 2.05) is 24.3 Å². The molecule has 0 saturated carbocycles. The lowest BCUT2D eigenvalue weighted by atomic mass is 10.1. The molecule has 0 aromatic heterocycles. The van der Waals surface area contributed by atoms with E-state index in [1.165, 1.54) is 0 Å². The van der Waals surface area contributed by atoms with Crippen molar-refractivity contribution in [2.75, 3.05) is 0 Å². The van der Waals surface area contributed by atoms with Crippen molar-refractivity contribution >= 4 is 21.9 Å². The lowest BCUT2D eigenvalue weighted by molar-refractivity contribution is -0.149. The van der Waals surface area contributed by atoms with Gasteiger partial charge in [-0.05, 0) is 30.5 Å². The molecule has 3 nitrogen and oxygen atoms in total. The maximum absolute atomic E-state index is 10.7. The van der Waals surface area contributed by atoms with Crippen molar-refractivity contribution in [2.45, 2.75) is 25.0 Å². The molecule has 1 aromatic rings. The average molecular weight is 271 g/mol. The van der Waals surface area contributed by atoms with Crippen LogP contribution in [0.3, 0.4) is 0 Å². The first-order chi connectivity index (χ1) is 7.16. The maximum Gasteiger partial charge on any atom is 0.332 e. The van der Waals surface area contributed by atoms with Crippen LogP contribution in [0, 0.1) is 0 Å². The fourth-order valence-electron chi connectivity index (χ4n) is 1.74. The maximum atomic E-state index is 10.7. The molecule has 1 saturated heterocycles. The summed E-state index contributed by atoms with van der Waals surface area (Å²) in [4.78, 5) is 10.7. The van der Waals surface area contributed by atoms with E-state index in [4.69, 9.17) is 9.84 Å². The van der Waals surface area contributed by atoms with Crippen molar-refractivity contribution in [3.63, 3.8) is 0 Å². The Labute approximate surface area is 96.2 Å². The minimum Gasteiger partial charge on any atom is -0.479 e. The Morgan fingerprint density at radius 3 is 2.53 bits per heavy atom. The predicted molar refractivity (Wildman–Crippen MR) is 58.6 cm³/mol. The fraction of sp³-hybridized carbons (Fsp3) is 0.364. The van der Waals surface area contributed by atoms with Crippen LogP contribution in [-0.4, -0.2) is 17.2 Å². The molecule has 1 aliphatic heterocycles. The third-order valence-corrected chi connectivity index (χ3v) is 3.07. The molecule has 0 bridgehead atoms. The summed E-state index contributed by atoms with van der Waals surface area (Å²) in [6.07, 6.45) is 0.659. The molecule has 1 aromatic carbocycles. The van der Waals surface area contributed by atoms with Crippen LogP contribution in [0.4, 0.5) is 0 Å². The van der Waals surface area contributed by atoms with Gasteiger partial charge >= 0.3 is 5.97 Å². The Hall–Kier alpha value is -0.870. The van der Waals surface area contributed by atoms with Crippen molar-refractivity contribution < 1.29 is 14.6 Å². The van der Waals surface area contributed by atoms with E-state index < -0.39 is 12.1 Å². The molecule has 4 heteroatoms. The zero-order chi connectivity index (χ0) is 10.8. The third kappa shape index (κ3) is 2.38. The number of carboxylic acids is 1. The minimum atomic E-state index is -0.866. The van der Waals surface area contributed by atoms with Crippen LogP contribution in [0.2, 0.25) is 0 Å². The molecule has 1 aliphatic rings. The normalized spacial score (nSPS) is 25.4. The van der Waals surface area contributed by atoms with Gasteiger partial charge in [-0.25, -0.2) is 4.79 Å². The van der Waals surface area contributed by atoms with E-state index >= 15 is 0 Å². The highest BCUT2D eigenvalue weighted by Crippen LogP contribution is 2.33. The summed E-state index contributed by atoms with van der Waals surface area (Å²) in [6, 6.07) is 7.79. The zero-order valence-corrected chi connectivity index (χ0v) is 9.61. The summed E-state index contributed by atoms with van der Waals surface area (Å²) in [7, 11) is 0. The highest BCUT2D eigenvalue weighted by molar-refractivity contribution is 9.10. The number of benzene rings is 1. The van der Waals surface area contributed by atoms with Crippen LogP contribution in [0.1, 0.15) is 24.5 Å². The highest BCUT2D eigenvalue weighted by atomic mass is 79.9. The number of hydrogen-bond donors (Lipinski definition) is 1. The Kier molecular flexibility index (Phi) is 3.07. The van der Waals surface area contributed by atoms with Gasteiger partial charge in [-0.3, -0.25) is 0 Å². The van der Waals surface area contributed by atoms with Crippen molar-refractivity contribution in [1.29, 1.82) is 0 Å². The lowest BCUT2D eigenvalue weighted by Crippen LogP contribution is -2.18. The van der Waals surface area contributed by atoms with Gasteiger partial charge < -0.3 is 9.84 Å². The molecule has 80 valence electrons. The largest absolute Gasteiger partial charge is 0.479 e. The Balaban J connectivity index is 2.07. The molecule has 1 fully saturated rings. The van der Waals surface area contributed by atoms with E-state index in [-0.39, 0.29) is 6.10 Å². The van der Waals surface area contributed by atoms with E-state index in [2.05, 4.69) is 15.9 Å². The average Bonchev–Trinajstić information content (AvgIpc) is 2.68. The molecule has 2 rings (SSSR count). The second kappa shape index (κ2) is 4.33. The number of rotatable bonds is 2. The van der Waals surface area contributed by atoms with E-state index in [0.29, 0.717) is 6.42 Å². The monoisotopic (exact) mass is 270 g/mol. The van der Waals surface area contributed by atoms with Crippen molar-refractivity contribution in [2.24, 2.45) is 0 Å². The minimum absolute atomic E-state index is 0.0702. The zero-order valence-electron chi connectivity index (χ0n) is 8.02. The van der Waals surface area contributed by atoms with Gasteiger partial charge in [-0.2, -0.15) is 0 Å². The summed E-state index contributed by atoms with van der Waals surface area (Å²) >= 11 is 3.35. The van der Waals surface area contributed by atoms with E-state index in [0.717, 1.165) is 16.5 Å². The number of aliphatic carboxylic acids is 1. The van der Waals surface area contributed by atoms with Crippen molar-refractivity contribution in [3.05, 3.63) is 34.3 Å². The molecular weight excluding hydrogens is 260 g/mol. The fourth-order valence-corrected chi connectivity index (χ4v) is 2.01.